The van der Waals surface area contributed by atoms with Crippen LogP contribution >= 0.6 is 15.9 Å². The Morgan fingerprint density at radius 3 is 2.93 bits per heavy atom. The third-order valence-corrected chi connectivity index (χ3v) is 7.70. The first-order chi connectivity index (χ1) is 14.6. The highest BCUT2D eigenvalue weighted by molar-refractivity contribution is 9.10. The van der Waals surface area contributed by atoms with Crippen molar-refractivity contribution in [1.29, 1.82) is 0 Å². The lowest BCUT2D eigenvalue weighted by molar-refractivity contribution is 0.0542. The van der Waals surface area contributed by atoms with Crippen LogP contribution in [0, 0.1) is 5.92 Å². The first-order valence-corrected chi connectivity index (χ1v) is 12.0. The molecule has 0 bridgehead atoms. The van der Waals surface area contributed by atoms with Crippen molar-refractivity contribution in [2.45, 2.75) is 50.7 Å². The number of nitrogens with one attached hydrogen (secondary N) is 2. The van der Waals surface area contributed by atoms with E-state index in [1.807, 2.05) is 24.3 Å². The molecular formula is C25H30BrN3O. The van der Waals surface area contributed by atoms with Crippen molar-refractivity contribution in [3.63, 3.8) is 0 Å². The van der Waals surface area contributed by atoms with Crippen molar-refractivity contribution in [1.82, 2.24) is 15.5 Å². The highest BCUT2D eigenvalue weighted by Crippen LogP contribution is 2.43. The lowest BCUT2D eigenvalue weighted by Crippen LogP contribution is -2.55. The molecule has 4 atom stereocenters. The van der Waals surface area contributed by atoms with Crippen LogP contribution in [0.15, 0.2) is 46.9 Å². The molecule has 5 rings (SSSR count). The number of piperidine rings is 2. The molecule has 158 valence electrons. The van der Waals surface area contributed by atoms with E-state index in [0.717, 1.165) is 54.0 Å². The Bertz CT molecular complexity index is 931. The van der Waals surface area contributed by atoms with Crippen molar-refractivity contribution in [2.75, 3.05) is 19.6 Å². The molecule has 5 heteroatoms. The number of halogens is 1. The minimum atomic E-state index is -0.0243. The fourth-order valence-corrected chi connectivity index (χ4v) is 6.21. The standard InChI is InChI=1S/C25H30BrN3O/c1-16(17-6-3-2-4-7-17)28-25(30)21-13-20(26)12-18-9-11-29-15-19-8-5-10-27-22(19)14-23(29)24(18)21/h2-4,6-7,12-13,16,19,22-23,27H,5,8-11,14-15H2,1H3,(H,28,30)/t16-,19-,22+,23+/m1/s1. The topological polar surface area (TPSA) is 44.4 Å². The average Bonchev–Trinajstić information content (AvgIpc) is 2.77. The molecule has 2 aromatic rings. The second kappa shape index (κ2) is 8.45. The normalized spacial score (nSPS) is 26.8. The van der Waals surface area contributed by atoms with Crippen molar-refractivity contribution in [3.8, 4) is 0 Å². The predicted molar refractivity (Wildman–Crippen MR) is 124 cm³/mol. The zero-order chi connectivity index (χ0) is 20.7. The summed E-state index contributed by atoms with van der Waals surface area (Å²) in [6, 6.07) is 15.3. The molecular weight excluding hydrogens is 438 g/mol. The van der Waals surface area contributed by atoms with Gasteiger partial charge in [-0.25, -0.2) is 0 Å². The third kappa shape index (κ3) is 3.83. The van der Waals surface area contributed by atoms with Gasteiger partial charge in [0, 0.05) is 35.2 Å². The maximum absolute atomic E-state index is 13.4. The van der Waals surface area contributed by atoms with Crippen LogP contribution in [0.4, 0.5) is 0 Å². The highest BCUT2D eigenvalue weighted by Gasteiger charge is 2.41. The van der Waals surface area contributed by atoms with Crippen molar-refractivity contribution in [2.24, 2.45) is 5.92 Å². The molecule has 0 aromatic heterocycles. The fourth-order valence-electron chi connectivity index (χ4n) is 5.71. The number of carbonyl (C=O) groups excluding carboxylic acids is 1. The second-order valence-electron chi connectivity index (χ2n) is 9.09. The van der Waals surface area contributed by atoms with E-state index in [1.54, 1.807) is 0 Å². The highest BCUT2D eigenvalue weighted by atomic mass is 79.9. The second-order valence-corrected chi connectivity index (χ2v) is 10.0. The molecule has 2 saturated heterocycles. The summed E-state index contributed by atoms with van der Waals surface area (Å²) in [6.07, 6.45) is 4.74. The molecule has 0 spiro atoms. The van der Waals surface area contributed by atoms with Gasteiger partial charge < -0.3 is 10.6 Å². The van der Waals surface area contributed by atoms with Crippen LogP contribution in [-0.2, 0) is 6.42 Å². The summed E-state index contributed by atoms with van der Waals surface area (Å²) in [5.74, 6) is 0.784. The van der Waals surface area contributed by atoms with E-state index in [2.05, 4.69) is 56.6 Å². The Morgan fingerprint density at radius 1 is 1.27 bits per heavy atom. The van der Waals surface area contributed by atoms with Crippen LogP contribution in [0.3, 0.4) is 0 Å². The summed E-state index contributed by atoms with van der Waals surface area (Å²) >= 11 is 3.66. The molecule has 1 amide bonds. The molecule has 30 heavy (non-hydrogen) atoms. The zero-order valence-corrected chi connectivity index (χ0v) is 19.1. The quantitative estimate of drug-likeness (QED) is 0.692. The van der Waals surface area contributed by atoms with Gasteiger partial charge >= 0.3 is 0 Å². The Morgan fingerprint density at radius 2 is 2.10 bits per heavy atom. The van der Waals surface area contributed by atoms with Crippen LogP contribution in [0.2, 0.25) is 0 Å². The molecule has 0 radical (unpaired) electrons. The lowest BCUT2D eigenvalue weighted by Gasteiger charge is -2.49. The van der Waals surface area contributed by atoms with E-state index in [1.165, 1.54) is 24.0 Å². The number of fused-ring (bicyclic) bond motifs is 4. The maximum Gasteiger partial charge on any atom is 0.252 e. The molecule has 3 aliphatic rings. The van der Waals surface area contributed by atoms with E-state index in [9.17, 15) is 4.79 Å². The van der Waals surface area contributed by atoms with Gasteiger partial charge in [-0.15, -0.1) is 0 Å². The van der Waals surface area contributed by atoms with Gasteiger partial charge in [0.2, 0.25) is 0 Å². The van der Waals surface area contributed by atoms with Gasteiger partial charge in [0.1, 0.15) is 0 Å². The number of hydrogen-bond acceptors (Lipinski definition) is 3. The number of carbonyl (C=O) groups is 1. The first-order valence-electron chi connectivity index (χ1n) is 11.3. The summed E-state index contributed by atoms with van der Waals surface area (Å²) in [6.45, 7) is 5.43. The summed E-state index contributed by atoms with van der Waals surface area (Å²) in [5, 5.41) is 7.01. The number of nitrogens with zero attached hydrogens (tertiary/aromatic N) is 1. The van der Waals surface area contributed by atoms with E-state index >= 15 is 0 Å². The lowest BCUT2D eigenvalue weighted by atomic mass is 9.76. The number of rotatable bonds is 3. The monoisotopic (exact) mass is 467 g/mol. The van der Waals surface area contributed by atoms with Crippen LogP contribution in [0.25, 0.3) is 0 Å². The minimum absolute atomic E-state index is 0.0243. The van der Waals surface area contributed by atoms with E-state index in [4.69, 9.17) is 0 Å². The SMILES string of the molecule is C[C@@H](NC(=O)c1cc(Br)cc2c1[C@@H]1C[C@@H]3NCCC[C@@H]3CN1CC2)c1ccccc1. The maximum atomic E-state index is 13.4. The third-order valence-electron chi connectivity index (χ3n) is 7.24. The predicted octanol–water partition coefficient (Wildman–Crippen LogP) is 4.61. The Balaban J connectivity index is 1.45. The summed E-state index contributed by atoms with van der Waals surface area (Å²) in [7, 11) is 0. The smallest absolute Gasteiger partial charge is 0.252 e. The Hall–Kier alpha value is -1.69. The molecule has 3 aliphatic heterocycles. The van der Waals surface area contributed by atoms with Gasteiger partial charge in [0.15, 0.2) is 0 Å². The van der Waals surface area contributed by atoms with Gasteiger partial charge in [0.25, 0.3) is 5.91 Å². The summed E-state index contributed by atoms with van der Waals surface area (Å²) in [5.41, 5.74) is 4.56. The van der Waals surface area contributed by atoms with E-state index < -0.39 is 0 Å². The van der Waals surface area contributed by atoms with Gasteiger partial charge in [-0.1, -0.05) is 46.3 Å². The van der Waals surface area contributed by atoms with Gasteiger partial charge in [0.05, 0.1) is 6.04 Å². The molecule has 2 aromatic carbocycles. The fraction of sp³-hybridized carbons (Fsp3) is 0.480. The average molecular weight is 468 g/mol. The number of amides is 1. The molecule has 2 fully saturated rings. The summed E-state index contributed by atoms with van der Waals surface area (Å²) in [4.78, 5) is 16.1. The molecule has 2 N–H and O–H groups in total. The van der Waals surface area contributed by atoms with Gasteiger partial charge in [-0.05, 0) is 73.9 Å². The van der Waals surface area contributed by atoms with Crippen LogP contribution in [-0.4, -0.2) is 36.5 Å². The van der Waals surface area contributed by atoms with Gasteiger partial charge in [-0.2, -0.15) is 0 Å². The number of benzene rings is 2. The van der Waals surface area contributed by atoms with E-state index in [0.29, 0.717) is 12.1 Å². The van der Waals surface area contributed by atoms with Crippen LogP contribution in [0.5, 0.6) is 0 Å². The molecule has 0 aliphatic carbocycles. The zero-order valence-electron chi connectivity index (χ0n) is 17.5. The molecule has 0 saturated carbocycles. The molecule has 3 heterocycles. The van der Waals surface area contributed by atoms with Crippen LogP contribution < -0.4 is 10.6 Å². The van der Waals surface area contributed by atoms with Crippen LogP contribution in [0.1, 0.15) is 65.3 Å². The molecule has 0 unspecified atom stereocenters. The first kappa shape index (κ1) is 20.2. The van der Waals surface area contributed by atoms with Gasteiger partial charge in [-0.3, -0.25) is 9.69 Å². The largest absolute Gasteiger partial charge is 0.346 e. The minimum Gasteiger partial charge on any atom is -0.346 e. The molecule has 4 nitrogen and oxygen atoms in total. The Labute approximate surface area is 187 Å². The summed E-state index contributed by atoms with van der Waals surface area (Å²) < 4.78 is 0.997. The van der Waals surface area contributed by atoms with E-state index in [-0.39, 0.29) is 11.9 Å². The number of hydrogen-bond donors (Lipinski definition) is 2. The Kier molecular flexibility index (Phi) is 5.69. The van der Waals surface area contributed by atoms with Crippen molar-refractivity contribution >= 4 is 21.8 Å². The van der Waals surface area contributed by atoms with Crippen molar-refractivity contribution < 1.29 is 4.79 Å². The van der Waals surface area contributed by atoms with Crippen molar-refractivity contribution in [3.05, 3.63) is 69.2 Å².